The summed E-state index contributed by atoms with van der Waals surface area (Å²) in [5.74, 6) is -1.15. The van der Waals surface area contributed by atoms with Crippen LogP contribution in [-0.2, 0) is 14.3 Å². The molecular formula is C15H17NO4. The third kappa shape index (κ3) is 4.20. The number of aliphatic carboxylic acids is 1. The van der Waals surface area contributed by atoms with E-state index in [4.69, 9.17) is 9.84 Å². The molecule has 0 aliphatic carbocycles. The van der Waals surface area contributed by atoms with E-state index in [1.54, 1.807) is 6.08 Å². The van der Waals surface area contributed by atoms with Crippen molar-refractivity contribution in [1.29, 1.82) is 0 Å². The summed E-state index contributed by atoms with van der Waals surface area (Å²) in [6, 6.07) is 9.52. The normalized spacial score (nSPS) is 22.0. The van der Waals surface area contributed by atoms with Gasteiger partial charge in [0.2, 0.25) is 5.91 Å². The molecule has 5 nitrogen and oxygen atoms in total. The van der Waals surface area contributed by atoms with Gasteiger partial charge in [0, 0.05) is 12.6 Å². The monoisotopic (exact) mass is 275 g/mol. The second kappa shape index (κ2) is 6.86. The molecule has 5 heteroatoms. The molecule has 2 N–H and O–H groups in total. The molecule has 1 aromatic carbocycles. The smallest absolute Gasteiger partial charge is 0.332 e. The lowest BCUT2D eigenvalue weighted by Crippen LogP contribution is -2.32. The molecule has 1 saturated heterocycles. The van der Waals surface area contributed by atoms with Crippen LogP contribution in [0.2, 0.25) is 0 Å². The highest BCUT2D eigenvalue weighted by Gasteiger charge is 2.30. The molecule has 0 bridgehead atoms. The molecule has 1 heterocycles. The molecule has 1 aromatic rings. The van der Waals surface area contributed by atoms with E-state index >= 15 is 0 Å². The Bertz CT molecular complexity index is 498. The third-order valence-electron chi connectivity index (χ3n) is 3.11. The predicted molar refractivity (Wildman–Crippen MR) is 74.0 cm³/mol. The van der Waals surface area contributed by atoms with E-state index in [1.165, 1.54) is 6.08 Å². The van der Waals surface area contributed by atoms with E-state index in [2.05, 4.69) is 5.32 Å². The van der Waals surface area contributed by atoms with Crippen LogP contribution in [0.3, 0.4) is 0 Å². The van der Waals surface area contributed by atoms with Gasteiger partial charge in [-0.15, -0.1) is 0 Å². The zero-order chi connectivity index (χ0) is 14.4. The zero-order valence-corrected chi connectivity index (χ0v) is 11.0. The number of nitrogens with one attached hydrogen (secondary N) is 1. The summed E-state index contributed by atoms with van der Waals surface area (Å²) in [5.41, 5.74) is 0.950. The molecule has 106 valence electrons. The van der Waals surface area contributed by atoms with Crippen molar-refractivity contribution in [2.24, 2.45) is 0 Å². The van der Waals surface area contributed by atoms with Crippen LogP contribution in [0.5, 0.6) is 0 Å². The molecule has 1 aliphatic rings. The van der Waals surface area contributed by atoms with Crippen LogP contribution in [-0.4, -0.2) is 35.7 Å². The molecule has 2 rings (SSSR count). The zero-order valence-electron chi connectivity index (χ0n) is 11.0. The number of benzene rings is 1. The van der Waals surface area contributed by atoms with Crippen molar-refractivity contribution in [3.8, 4) is 0 Å². The third-order valence-corrected chi connectivity index (χ3v) is 3.11. The van der Waals surface area contributed by atoms with Gasteiger partial charge in [-0.25, -0.2) is 4.79 Å². The minimum Gasteiger partial charge on any atom is -0.479 e. The lowest BCUT2D eigenvalue weighted by molar-refractivity contribution is -0.149. The number of carboxylic acids is 1. The summed E-state index contributed by atoms with van der Waals surface area (Å²) in [5, 5.41) is 11.5. The number of carbonyl (C=O) groups is 2. The Morgan fingerprint density at radius 2 is 2.05 bits per heavy atom. The Morgan fingerprint density at radius 3 is 2.70 bits per heavy atom. The lowest BCUT2D eigenvalue weighted by atomic mass is 10.2. The van der Waals surface area contributed by atoms with Crippen LogP contribution in [0.1, 0.15) is 18.4 Å². The summed E-state index contributed by atoms with van der Waals surface area (Å²) >= 11 is 0. The van der Waals surface area contributed by atoms with Gasteiger partial charge < -0.3 is 15.2 Å². The van der Waals surface area contributed by atoms with Crippen LogP contribution in [0, 0.1) is 0 Å². The molecule has 20 heavy (non-hydrogen) atoms. The number of hydrogen-bond donors (Lipinski definition) is 2. The predicted octanol–water partition coefficient (Wildman–Crippen LogP) is 1.45. The second-order valence-corrected chi connectivity index (χ2v) is 4.65. The molecule has 1 aliphatic heterocycles. The van der Waals surface area contributed by atoms with Crippen molar-refractivity contribution in [1.82, 2.24) is 5.32 Å². The van der Waals surface area contributed by atoms with Gasteiger partial charge in [-0.2, -0.15) is 0 Å². The summed E-state index contributed by atoms with van der Waals surface area (Å²) in [6.07, 6.45) is 3.38. The number of amides is 1. The average Bonchev–Trinajstić information content (AvgIpc) is 2.93. The first-order valence-electron chi connectivity index (χ1n) is 6.54. The van der Waals surface area contributed by atoms with Gasteiger partial charge in [0.05, 0.1) is 6.10 Å². The largest absolute Gasteiger partial charge is 0.479 e. The van der Waals surface area contributed by atoms with Crippen LogP contribution in [0.4, 0.5) is 0 Å². The molecule has 1 fully saturated rings. The van der Waals surface area contributed by atoms with Crippen LogP contribution >= 0.6 is 0 Å². The highest BCUT2D eigenvalue weighted by Crippen LogP contribution is 2.19. The van der Waals surface area contributed by atoms with Gasteiger partial charge in [0.25, 0.3) is 0 Å². The fourth-order valence-corrected chi connectivity index (χ4v) is 2.05. The molecule has 0 radical (unpaired) electrons. The fourth-order valence-electron chi connectivity index (χ4n) is 2.05. The second-order valence-electron chi connectivity index (χ2n) is 4.65. The Balaban J connectivity index is 1.73. The van der Waals surface area contributed by atoms with E-state index in [0.717, 1.165) is 5.56 Å². The fraction of sp³-hybridized carbons (Fsp3) is 0.333. The molecule has 0 saturated carbocycles. The van der Waals surface area contributed by atoms with E-state index in [0.29, 0.717) is 19.4 Å². The molecule has 1 amide bonds. The van der Waals surface area contributed by atoms with E-state index in [1.807, 2.05) is 30.3 Å². The first-order chi connectivity index (χ1) is 9.65. The maximum atomic E-state index is 11.6. The SMILES string of the molecule is O=C(/C=C/c1ccccc1)NCC1CCC(C(=O)O)O1. The maximum absolute atomic E-state index is 11.6. The number of ether oxygens (including phenoxy) is 1. The van der Waals surface area contributed by atoms with Crippen LogP contribution in [0.15, 0.2) is 36.4 Å². The van der Waals surface area contributed by atoms with Gasteiger partial charge in [0.1, 0.15) is 0 Å². The van der Waals surface area contributed by atoms with Gasteiger partial charge in [-0.05, 0) is 24.5 Å². The van der Waals surface area contributed by atoms with Gasteiger partial charge in [-0.1, -0.05) is 30.3 Å². The Labute approximate surface area is 117 Å². The minimum absolute atomic E-state index is 0.212. The maximum Gasteiger partial charge on any atom is 0.332 e. The van der Waals surface area contributed by atoms with Crippen molar-refractivity contribution in [2.75, 3.05) is 6.54 Å². The quantitative estimate of drug-likeness (QED) is 0.797. The van der Waals surface area contributed by atoms with Crippen molar-refractivity contribution in [3.05, 3.63) is 42.0 Å². The van der Waals surface area contributed by atoms with Gasteiger partial charge >= 0.3 is 5.97 Å². The number of rotatable bonds is 5. The topological polar surface area (TPSA) is 75.6 Å². The summed E-state index contributed by atoms with van der Waals surface area (Å²) in [6.45, 7) is 0.335. The van der Waals surface area contributed by atoms with Crippen molar-refractivity contribution < 1.29 is 19.4 Å². The van der Waals surface area contributed by atoms with Crippen molar-refractivity contribution in [2.45, 2.75) is 25.0 Å². The minimum atomic E-state index is -0.942. The lowest BCUT2D eigenvalue weighted by Gasteiger charge is -2.11. The standard InChI is InChI=1S/C15H17NO4/c17-14(9-6-11-4-2-1-3-5-11)16-10-12-7-8-13(20-12)15(18)19/h1-6,9,12-13H,7-8,10H2,(H,16,17)(H,18,19)/b9-6+. The van der Waals surface area contributed by atoms with Crippen molar-refractivity contribution >= 4 is 18.0 Å². The molecule has 0 spiro atoms. The first kappa shape index (κ1) is 14.3. The van der Waals surface area contributed by atoms with Crippen LogP contribution in [0.25, 0.3) is 6.08 Å². The summed E-state index contributed by atoms with van der Waals surface area (Å²) in [7, 11) is 0. The molecule has 0 aromatic heterocycles. The molecular weight excluding hydrogens is 258 g/mol. The van der Waals surface area contributed by atoms with Gasteiger partial charge in [-0.3, -0.25) is 4.79 Å². The summed E-state index contributed by atoms with van der Waals surface area (Å²) in [4.78, 5) is 22.3. The van der Waals surface area contributed by atoms with Gasteiger partial charge in [0.15, 0.2) is 6.10 Å². The number of carboxylic acid groups (broad SMARTS) is 1. The highest BCUT2D eigenvalue weighted by atomic mass is 16.5. The Kier molecular flexibility index (Phi) is 4.90. The molecule has 2 atom stereocenters. The summed E-state index contributed by atoms with van der Waals surface area (Å²) < 4.78 is 5.30. The van der Waals surface area contributed by atoms with E-state index in [-0.39, 0.29) is 12.0 Å². The Morgan fingerprint density at radius 1 is 1.30 bits per heavy atom. The van der Waals surface area contributed by atoms with Crippen LogP contribution < -0.4 is 5.32 Å². The first-order valence-corrected chi connectivity index (χ1v) is 6.54. The van der Waals surface area contributed by atoms with E-state index in [9.17, 15) is 9.59 Å². The van der Waals surface area contributed by atoms with Crippen molar-refractivity contribution in [3.63, 3.8) is 0 Å². The number of carbonyl (C=O) groups excluding carboxylic acids is 1. The Hall–Kier alpha value is -2.14. The number of hydrogen-bond acceptors (Lipinski definition) is 3. The highest BCUT2D eigenvalue weighted by molar-refractivity contribution is 5.91. The van der Waals surface area contributed by atoms with E-state index < -0.39 is 12.1 Å². The molecule has 2 unspecified atom stereocenters. The average molecular weight is 275 g/mol.